The van der Waals surface area contributed by atoms with E-state index in [4.69, 9.17) is 23.4 Å². The summed E-state index contributed by atoms with van der Waals surface area (Å²) >= 11 is 0. The summed E-state index contributed by atoms with van der Waals surface area (Å²) in [5.74, 6) is 0.102. The lowest BCUT2D eigenvalue weighted by atomic mass is 9.99. The summed E-state index contributed by atoms with van der Waals surface area (Å²) in [6.07, 6.45) is -6.32. The maximum Gasteiger partial charge on any atom is 0.229 e. The quantitative estimate of drug-likeness (QED) is 0.505. The molecule has 1 aromatic carbocycles. The first kappa shape index (κ1) is 19.4. The molecule has 0 aliphatic carbocycles. The van der Waals surface area contributed by atoms with Gasteiger partial charge in [0.25, 0.3) is 0 Å². The fourth-order valence-corrected chi connectivity index (χ4v) is 2.91. The van der Waals surface area contributed by atoms with Crippen molar-refractivity contribution in [2.24, 2.45) is 0 Å². The third-order valence-electron chi connectivity index (χ3n) is 4.33. The molecule has 4 N–H and O–H groups in total. The molecule has 2 aromatic rings. The second-order valence-corrected chi connectivity index (χ2v) is 5.91. The Morgan fingerprint density at radius 3 is 2.44 bits per heavy atom. The van der Waals surface area contributed by atoms with Crippen molar-refractivity contribution in [3.63, 3.8) is 0 Å². The smallest absolute Gasteiger partial charge is 0.229 e. The van der Waals surface area contributed by atoms with Crippen LogP contribution in [0.4, 0.5) is 0 Å². The summed E-state index contributed by atoms with van der Waals surface area (Å²) in [5.41, 5.74) is -0.309. The van der Waals surface area contributed by atoms with Crippen LogP contribution in [0.15, 0.2) is 27.6 Å². The van der Waals surface area contributed by atoms with E-state index in [1.165, 1.54) is 32.6 Å². The summed E-state index contributed by atoms with van der Waals surface area (Å²) in [4.78, 5) is 12.4. The highest BCUT2D eigenvalue weighted by molar-refractivity contribution is 5.88. The van der Waals surface area contributed by atoms with Crippen molar-refractivity contribution in [2.45, 2.75) is 30.7 Å². The van der Waals surface area contributed by atoms with E-state index >= 15 is 0 Å². The number of hydrogen-bond acceptors (Lipinski definition) is 10. The standard InChI is InChI=1S/C17H20O10/c1-23-9-5-8-11(7(19)3-4-25-8)16(15(9)24-2)27-17-14(22)13(21)12(20)10(6-18)26-17/h3-5,10,12-14,17-18,20-22H,6H2,1-2H3/t10-,12+,13-,14-,17-/m0/s1. The molecule has 2 heterocycles. The molecule has 1 fully saturated rings. The molecular weight excluding hydrogens is 364 g/mol. The molecule has 1 aromatic heterocycles. The SMILES string of the molecule is COc1cc2occc(=O)c2c(O[C@@H]2O[C@@H](CO)[C@@H](O)[C@H](O)[C@@H]2O)c1OC. The van der Waals surface area contributed by atoms with E-state index in [0.717, 1.165) is 0 Å². The molecule has 0 bridgehead atoms. The molecular formula is C17H20O10. The number of aliphatic hydroxyl groups excluding tert-OH is 4. The van der Waals surface area contributed by atoms with Crippen LogP contribution in [-0.4, -0.2) is 72.0 Å². The molecule has 0 amide bonds. The average molecular weight is 384 g/mol. The minimum Gasteiger partial charge on any atom is -0.493 e. The topological polar surface area (TPSA) is 148 Å². The largest absolute Gasteiger partial charge is 0.493 e. The Morgan fingerprint density at radius 2 is 1.81 bits per heavy atom. The van der Waals surface area contributed by atoms with Crippen LogP contribution in [0.1, 0.15) is 0 Å². The van der Waals surface area contributed by atoms with Crippen molar-refractivity contribution < 1.29 is 43.8 Å². The predicted molar refractivity (Wildman–Crippen MR) is 90.0 cm³/mol. The second kappa shape index (κ2) is 7.71. The Bertz CT molecular complexity index is 861. The van der Waals surface area contributed by atoms with Crippen molar-refractivity contribution in [2.75, 3.05) is 20.8 Å². The Hall–Kier alpha value is -2.37. The molecule has 148 valence electrons. The Morgan fingerprint density at radius 1 is 1.07 bits per heavy atom. The van der Waals surface area contributed by atoms with Gasteiger partial charge in [0.15, 0.2) is 16.9 Å². The number of aliphatic hydroxyl groups is 4. The number of benzene rings is 1. The Balaban J connectivity index is 2.11. The van der Waals surface area contributed by atoms with Crippen molar-refractivity contribution in [3.8, 4) is 17.2 Å². The zero-order chi connectivity index (χ0) is 19.7. The molecule has 0 unspecified atom stereocenters. The van der Waals surface area contributed by atoms with Gasteiger partial charge in [-0.25, -0.2) is 0 Å². The Kier molecular flexibility index (Phi) is 5.53. The van der Waals surface area contributed by atoms with Gasteiger partial charge in [0.05, 0.1) is 27.1 Å². The molecule has 10 nitrogen and oxygen atoms in total. The molecule has 3 rings (SSSR count). The summed E-state index contributed by atoms with van der Waals surface area (Å²) in [6, 6.07) is 2.62. The van der Waals surface area contributed by atoms with Gasteiger partial charge >= 0.3 is 0 Å². The molecule has 10 heteroatoms. The minimum atomic E-state index is -1.66. The van der Waals surface area contributed by atoms with Crippen molar-refractivity contribution in [1.29, 1.82) is 0 Å². The van der Waals surface area contributed by atoms with Crippen LogP contribution < -0.4 is 19.6 Å². The van der Waals surface area contributed by atoms with E-state index < -0.39 is 42.7 Å². The number of ether oxygens (including phenoxy) is 4. The summed E-state index contributed by atoms with van der Waals surface area (Å²) in [7, 11) is 2.71. The second-order valence-electron chi connectivity index (χ2n) is 5.91. The van der Waals surface area contributed by atoms with Crippen LogP contribution in [-0.2, 0) is 4.74 Å². The van der Waals surface area contributed by atoms with E-state index in [1.807, 2.05) is 0 Å². The first-order valence-electron chi connectivity index (χ1n) is 8.06. The van der Waals surface area contributed by atoms with Gasteiger partial charge in [-0.2, -0.15) is 0 Å². The zero-order valence-corrected chi connectivity index (χ0v) is 14.6. The first-order chi connectivity index (χ1) is 12.9. The molecule has 1 saturated heterocycles. The first-order valence-corrected chi connectivity index (χ1v) is 8.06. The van der Waals surface area contributed by atoms with Gasteiger partial charge in [0.2, 0.25) is 12.0 Å². The van der Waals surface area contributed by atoms with E-state index in [2.05, 4.69) is 0 Å². The van der Waals surface area contributed by atoms with E-state index in [9.17, 15) is 25.2 Å². The Labute approximate surface area is 153 Å². The maximum atomic E-state index is 12.4. The number of hydrogen-bond donors (Lipinski definition) is 4. The summed E-state index contributed by atoms with van der Waals surface area (Å²) in [5, 5.41) is 39.3. The van der Waals surface area contributed by atoms with Gasteiger partial charge in [-0.05, 0) is 0 Å². The lowest BCUT2D eigenvalue weighted by Gasteiger charge is -2.39. The van der Waals surface area contributed by atoms with Crippen LogP contribution in [0.5, 0.6) is 17.2 Å². The van der Waals surface area contributed by atoms with Crippen LogP contribution in [0.2, 0.25) is 0 Å². The minimum absolute atomic E-state index is 0.00658. The summed E-state index contributed by atoms with van der Waals surface area (Å²) in [6.45, 7) is -0.622. The molecule has 0 spiro atoms. The molecule has 1 aliphatic rings. The fourth-order valence-electron chi connectivity index (χ4n) is 2.91. The van der Waals surface area contributed by atoms with Gasteiger partial charge in [0, 0.05) is 12.1 Å². The van der Waals surface area contributed by atoms with Gasteiger partial charge < -0.3 is 43.8 Å². The molecule has 1 aliphatic heterocycles. The van der Waals surface area contributed by atoms with Crippen LogP contribution in [0.25, 0.3) is 11.0 Å². The molecule has 5 atom stereocenters. The molecule has 0 saturated carbocycles. The van der Waals surface area contributed by atoms with Gasteiger partial charge in [-0.1, -0.05) is 0 Å². The van der Waals surface area contributed by atoms with Crippen LogP contribution in [0, 0.1) is 0 Å². The molecule has 27 heavy (non-hydrogen) atoms. The van der Waals surface area contributed by atoms with Gasteiger partial charge in [-0.15, -0.1) is 0 Å². The van der Waals surface area contributed by atoms with Crippen molar-refractivity contribution >= 4 is 11.0 Å². The van der Waals surface area contributed by atoms with Crippen LogP contribution >= 0.6 is 0 Å². The number of methoxy groups -OCH3 is 2. The summed E-state index contributed by atoms with van der Waals surface area (Å²) < 4.78 is 26.8. The monoisotopic (exact) mass is 384 g/mol. The number of rotatable bonds is 5. The highest BCUT2D eigenvalue weighted by atomic mass is 16.7. The van der Waals surface area contributed by atoms with Gasteiger partial charge in [-0.3, -0.25) is 4.79 Å². The predicted octanol–water partition coefficient (Wildman–Crippen LogP) is -1.01. The lowest BCUT2D eigenvalue weighted by molar-refractivity contribution is -0.277. The zero-order valence-electron chi connectivity index (χ0n) is 14.6. The third-order valence-corrected chi connectivity index (χ3v) is 4.33. The van der Waals surface area contributed by atoms with Crippen molar-refractivity contribution in [3.05, 3.63) is 28.6 Å². The lowest BCUT2D eigenvalue weighted by Crippen LogP contribution is -2.60. The van der Waals surface area contributed by atoms with Crippen molar-refractivity contribution in [1.82, 2.24) is 0 Å². The van der Waals surface area contributed by atoms with Gasteiger partial charge in [0.1, 0.15) is 35.4 Å². The fraction of sp³-hybridized carbons (Fsp3) is 0.471. The highest BCUT2D eigenvalue weighted by Gasteiger charge is 2.45. The average Bonchev–Trinajstić information content (AvgIpc) is 2.67. The van der Waals surface area contributed by atoms with E-state index in [0.29, 0.717) is 0 Å². The van der Waals surface area contributed by atoms with E-state index in [-0.39, 0.29) is 28.2 Å². The number of fused-ring (bicyclic) bond motifs is 1. The normalized spacial score (nSPS) is 28.1. The molecule has 0 radical (unpaired) electrons. The maximum absolute atomic E-state index is 12.4. The third kappa shape index (κ3) is 3.33. The highest BCUT2D eigenvalue weighted by Crippen LogP contribution is 2.43. The van der Waals surface area contributed by atoms with E-state index in [1.54, 1.807) is 0 Å². The van der Waals surface area contributed by atoms with Crippen LogP contribution in [0.3, 0.4) is 0 Å².